The van der Waals surface area contributed by atoms with Crippen LogP contribution in [-0.2, 0) is 6.42 Å². The van der Waals surface area contributed by atoms with E-state index in [-0.39, 0.29) is 11.3 Å². The van der Waals surface area contributed by atoms with Crippen LogP contribution < -0.4 is 5.32 Å². The Balaban J connectivity index is 1.91. The summed E-state index contributed by atoms with van der Waals surface area (Å²) in [5.41, 5.74) is 0.0857. The predicted octanol–water partition coefficient (Wildman–Crippen LogP) is 2.57. The third-order valence-corrected chi connectivity index (χ3v) is 3.38. The Morgan fingerprint density at radius 1 is 1.39 bits per heavy atom. The Kier molecular flexibility index (Phi) is 3.94. The number of phenols is 1. The van der Waals surface area contributed by atoms with Crippen molar-refractivity contribution in [3.63, 3.8) is 0 Å². The molecule has 1 heterocycles. The van der Waals surface area contributed by atoms with Gasteiger partial charge >= 0.3 is 0 Å². The molecule has 2 aromatic rings. The number of benzene rings is 1. The molecule has 0 saturated heterocycles. The van der Waals surface area contributed by atoms with Crippen molar-refractivity contribution < 1.29 is 14.3 Å². The monoisotopic (exact) mass is 265 g/mol. The largest absolute Gasteiger partial charge is 0.507 e. The van der Waals surface area contributed by atoms with E-state index in [4.69, 9.17) is 0 Å². The van der Waals surface area contributed by atoms with Gasteiger partial charge in [0.25, 0.3) is 5.91 Å². The highest BCUT2D eigenvalue weighted by molar-refractivity contribution is 7.09. The number of carbonyl (C=O) groups excluding carboxylic acids is 1. The first kappa shape index (κ1) is 12.6. The van der Waals surface area contributed by atoms with Gasteiger partial charge < -0.3 is 10.4 Å². The lowest BCUT2D eigenvalue weighted by molar-refractivity contribution is 0.0951. The van der Waals surface area contributed by atoms with Crippen molar-refractivity contribution in [3.05, 3.63) is 52.0 Å². The highest BCUT2D eigenvalue weighted by atomic mass is 32.1. The molecule has 18 heavy (non-hydrogen) atoms. The lowest BCUT2D eigenvalue weighted by atomic mass is 10.2. The Morgan fingerprint density at radius 2 is 2.22 bits per heavy atom. The van der Waals surface area contributed by atoms with Gasteiger partial charge in [-0.15, -0.1) is 11.3 Å². The van der Waals surface area contributed by atoms with Gasteiger partial charge in [0.1, 0.15) is 11.6 Å². The van der Waals surface area contributed by atoms with Crippen molar-refractivity contribution in [2.45, 2.75) is 6.42 Å². The SMILES string of the molecule is O=C(NCCc1cccs1)c1ccc(F)cc1O. The molecule has 0 aliphatic rings. The molecule has 0 fully saturated rings. The highest BCUT2D eigenvalue weighted by Crippen LogP contribution is 2.17. The number of halogens is 1. The van der Waals surface area contributed by atoms with Crippen LogP contribution in [0.1, 0.15) is 15.2 Å². The fourth-order valence-electron chi connectivity index (χ4n) is 1.55. The third-order valence-electron chi connectivity index (χ3n) is 2.44. The molecule has 2 rings (SSSR count). The van der Waals surface area contributed by atoms with Gasteiger partial charge in [0.05, 0.1) is 5.56 Å². The summed E-state index contributed by atoms with van der Waals surface area (Å²) in [6.07, 6.45) is 0.741. The van der Waals surface area contributed by atoms with Crippen LogP contribution >= 0.6 is 11.3 Å². The summed E-state index contributed by atoms with van der Waals surface area (Å²) in [6.45, 7) is 0.482. The van der Waals surface area contributed by atoms with Crippen LogP contribution in [0, 0.1) is 5.82 Å². The molecule has 0 atom stereocenters. The Morgan fingerprint density at radius 3 is 2.89 bits per heavy atom. The van der Waals surface area contributed by atoms with Crippen LogP contribution in [0.4, 0.5) is 4.39 Å². The van der Waals surface area contributed by atoms with Crippen molar-refractivity contribution in [1.82, 2.24) is 5.32 Å². The van der Waals surface area contributed by atoms with Gasteiger partial charge in [0.15, 0.2) is 0 Å². The summed E-state index contributed by atoms with van der Waals surface area (Å²) in [5.74, 6) is -1.31. The minimum absolute atomic E-state index is 0.0857. The van der Waals surface area contributed by atoms with Gasteiger partial charge in [-0.05, 0) is 30.0 Å². The Hall–Kier alpha value is -1.88. The molecule has 1 aromatic carbocycles. The van der Waals surface area contributed by atoms with E-state index in [1.54, 1.807) is 11.3 Å². The fourth-order valence-corrected chi connectivity index (χ4v) is 2.26. The summed E-state index contributed by atoms with van der Waals surface area (Å²) in [5, 5.41) is 14.1. The zero-order valence-corrected chi connectivity index (χ0v) is 10.3. The number of phenolic OH excluding ortho intramolecular Hbond substituents is 1. The van der Waals surface area contributed by atoms with Gasteiger partial charge in [-0.2, -0.15) is 0 Å². The third kappa shape index (κ3) is 3.07. The van der Waals surface area contributed by atoms with E-state index in [1.165, 1.54) is 10.9 Å². The molecule has 0 unspecified atom stereocenters. The van der Waals surface area contributed by atoms with Gasteiger partial charge in [-0.3, -0.25) is 4.79 Å². The molecule has 5 heteroatoms. The molecule has 0 aliphatic carbocycles. The number of rotatable bonds is 4. The molecular formula is C13H12FNO2S. The van der Waals surface area contributed by atoms with Crippen LogP contribution in [0.15, 0.2) is 35.7 Å². The zero-order chi connectivity index (χ0) is 13.0. The van der Waals surface area contributed by atoms with Gasteiger partial charge in [0.2, 0.25) is 0 Å². The molecule has 94 valence electrons. The fraction of sp³-hybridized carbons (Fsp3) is 0.154. The second-order valence-electron chi connectivity index (χ2n) is 3.75. The maximum Gasteiger partial charge on any atom is 0.255 e. The molecule has 0 aliphatic heterocycles. The summed E-state index contributed by atoms with van der Waals surface area (Å²) in [7, 11) is 0. The molecular weight excluding hydrogens is 253 g/mol. The van der Waals surface area contributed by atoms with Crippen LogP contribution in [0.3, 0.4) is 0 Å². The van der Waals surface area contributed by atoms with Crippen LogP contribution in [0.25, 0.3) is 0 Å². The van der Waals surface area contributed by atoms with Crippen LogP contribution in [0.2, 0.25) is 0 Å². The maximum absolute atomic E-state index is 12.8. The van der Waals surface area contributed by atoms with Crippen LogP contribution in [0.5, 0.6) is 5.75 Å². The summed E-state index contributed by atoms with van der Waals surface area (Å²) >= 11 is 1.63. The zero-order valence-electron chi connectivity index (χ0n) is 9.52. The number of hydrogen-bond donors (Lipinski definition) is 2. The normalized spacial score (nSPS) is 10.3. The van der Waals surface area contributed by atoms with E-state index in [2.05, 4.69) is 5.32 Å². The summed E-state index contributed by atoms with van der Waals surface area (Å²) in [4.78, 5) is 12.9. The maximum atomic E-state index is 12.8. The van der Waals surface area contributed by atoms with Crippen molar-refractivity contribution in [1.29, 1.82) is 0 Å². The number of nitrogens with one attached hydrogen (secondary N) is 1. The predicted molar refractivity (Wildman–Crippen MR) is 68.4 cm³/mol. The minimum atomic E-state index is -0.567. The number of aromatic hydroxyl groups is 1. The first-order chi connectivity index (χ1) is 8.66. The van der Waals surface area contributed by atoms with E-state index in [9.17, 15) is 14.3 Å². The van der Waals surface area contributed by atoms with Crippen molar-refractivity contribution in [3.8, 4) is 5.75 Å². The number of amides is 1. The second-order valence-corrected chi connectivity index (χ2v) is 4.78. The van der Waals surface area contributed by atoms with Gasteiger partial charge in [-0.25, -0.2) is 4.39 Å². The quantitative estimate of drug-likeness (QED) is 0.892. The molecule has 3 nitrogen and oxygen atoms in total. The van der Waals surface area contributed by atoms with Gasteiger partial charge in [0, 0.05) is 17.5 Å². The number of carbonyl (C=O) groups is 1. The van der Waals surface area contributed by atoms with Crippen molar-refractivity contribution >= 4 is 17.2 Å². The Bertz CT molecular complexity index is 540. The first-order valence-corrected chi connectivity index (χ1v) is 6.34. The molecule has 0 radical (unpaired) electrons. The number of thiophene rings is 1. The van der Waals surface area contributed by atoms with E-state index in [0.29, 0.717) is 6.54 Å². The van der Waals surface area contributed by atoms with Crippen molar-refractivity contribution in [2.24, 2.45) is 0 Å². The standard InChI is InChI=1S/C13H12FNO2S/c14-9-3-4-11(12(16)8-9)13(17)15-6-5-10-2-1-7-18-10/h1-4,7-8,16H,5-6H2,(H,15,17). The highest BCUT2D eigenvalue weighted by Gasteiger charge is 2.11. The smallest absolute Gasteiger partial charge is 0.255 e. The van der Waals surface area contributed by atoms with E-state index >= 15 is 0 Å². The van der Waals surface area contributed by atoms with Crippen molar-refractivity contribution in [2.75, 3.05) is 6.54 Å². The van der Waals surface area contributed by atoms with Gasteiger partial charge in [-0.1, -0.05) is 6.07 Å². The lowest BCUT2D eigenvalue weighted by Crippen LogP contribution is -2.25. The minimum Gasteiger partial charge on any atom is -0.507 e. The van der Waals surface area contributed by atoms with E-state index < -0.39 is 11.7 Å². The summed E-state index contributed by atoms with van der Waals surface area (Å²) in [6, 6.07) is 7.28. The van der Waals surface area contributed by atoms with E-state index in [0.717, 1.165) is 18.6 Å². The molecule has 1 amide bonds. The Labute approximate surface area is 108 Å². The average Bonchev–Trinajstić information content (AvgIpc) is 2.81. The average molecular weight is 265 g/mol. The second kappa shape index (κ2) is 5.64. The lowest BCUT2D eigenvalue weighted by Gasteiger charge is -2.06. The first-order valence-electron chi connectivity index (χ1n) is 5.46. The molecule has 1 aromatic heterocycles. The number of hydrogen-bond acceptors (Lipinski definition) is 3. The molecule has 0 saturated carbocycles. The van der Waals surface area contributed by atoms with E-state index in [1.807, 2.05) is 17.5 Å². The molecule has 0 bridgehead atoms. The molecule has 0 spiro atoms. The molecule has 2 N–H and O–H groups in total. The van der Waals surface area contributed by atoms with Crippen LogP contribution in [-0.4, -0.2) is 17.6 Å². The summed E-state index contributed by atoms with van der Waals surface area (Å²) < 4.78 is 12.8. The topological polar surface area (TPSA) is 49.3 Å².